The van der Waals surface area contributed by atoms with E-state index in [1.54, 1.807) is 7.11 Å². The SMILES string of the molecule is COc1ccc(CCNS(=O)(=O)c2cnc(Cl)c(Br)c2)cc1Br. The third kappa shape index (κ3) is 4.90. The second-order valence-electron chi connectivity index (χ2n) is 4.56. The number of ether oxygens (including phenoxy) is 1. The lowest BCUT2D eigenvalue weighted by molar-refractivity contribution is 0.412. The summed E-state index contributed by atoms with van der Waals surface area (Å²) >= 11 is 12.3. The minimum atomic E-state index is -3.63. The van der Waals surface area contributed by atoms with Crippen molar-refractivity contribution in [2.24, 2.45) is 0 Å². The largest absolute Gasteiger partial charge is 0.496 e. The Morgan fingerprint density at radius 2 is 2.00 bits per heavy atom. The highest BCUT2D eigenvalue weighted by Gasteiger charge is 2.15. The Kier molecular flexibility index (Phi) is 6.44. The lowest BCUT2D eigenvalue weighted by Crippen LogP contribution is -2.26. The fourth-order valence-corrected chi connectivity index (χ4v) is 4.02. The van der Waals surface area contributed by atoms with E-state index < -0.39 is 10.0 Å². The molecule has 0 spiro atoms. The van der Waals surface area contributed by atoms with Gasteiger partial charge in [0, 0.05) is 12.7 Å². The van der Waals surface area contributed by atoms with Crippen LogP contribution in [0.5, 0.6) is 5.75 Å². The third-order valence-electron chi connectivity index (χ3n) is 3.00. The van der Waals surface area contributed by atoms with Gasteiger partial charge in [-0.1, -0.05) is 17.7 Å². The maximum atomic E-state index is 12.2. The Bertz CT molecular complexity index is 816. The van der Waals surface area contributed by atoms with Crippen molar-refractivity contribution in [3.63, 3.8) is 0 Å². The van der Waals surface area contributed by atoms with Gasteiger partial charge in [0.15, 0.2) is 0 Å². The summed E-state index contributed by atoms with van der Waals surface area (Å²) in [6, 6.07) is 7.03. The highest BCUT2D eigenvalue weighted by molar-refractivity contribution is 9.10. The van der Waals surface area contributed by atoms with Gasteiger partial charge in [-0.05, 0) is 62.0 Å². The second kappa shape index (κ2) is 7.94. The van der Waals surface area contributed by atoms with Gasteiger partial charge in [0.2, 0.25) is 10.0 Å². The minimum Gasteiger partial charge on any atom is -0.496 e. The van der Waals surface area contributed by atoms with Crippen LogP contribution in [0.2, 0.25) is 5.15 Å². The highest BCUT2D eigenvalue weighted by Crippen LogP contribution is 2.26. The fraction of sp³-hybridized carbons (Fsp3) is 0.214. The zero-order chi connectivity index (χ0) is 17.0. The van der Waals surface area contributed by atoms with E-state index >= 15 is 0 Å². The van der Waals surface area contributed by atoms with Crippen molar-refractivity contribution in [3.05, 3.63) is 50.1 Å². The van der Waals surface area contributed by atoms with Crippen molar-refractivity contribution >= 4 is 53.5 Å². The number of hydrogen-bond donors (Lipinski definition) is 1. The molecule has 2 aromatic rings. The number of sulfonamides is 1. The van der Waals surface area contributed by atoms with E-state index in [4.69, 9.17) is 16.3 Å². The maximum absolute atomic E-state index is 12.2. The highest BCUT2D eigenvalue weighted by atomic mass is 79.9. The van der Waals surface area contributed by atoms with Crippen molar-refractivity contribution in [2.45, 2.75) is 11.3 Å². The summed E-state index contributed by atoms with van der Waals surface area (Å²) in [7, 11) is -2.04. The van der Waals surface area contributed by atoms with Gasteiger partial charge in [0.25, 0.3) is 0 Å². The number of rotatable bonds is 6. The summed E-state index contributed by atoms with van der Waals surface area (Å²) < 4.78 is 33.4. The molecule has 2 rings (SSSR count). The molecule has 23 heavy (non-hydrogen) atoms. The molecule has 0 saturated heterocycles. The van der Waals surface area contributed by atoms with Crippen molar-refractivity contribution in [1.29, 1.82) is 0 Å². The lowest BCUT2D eigenvalue weighted by Gasteiger charge is -2.09. The average molecular weight is 485 g/mol. The molecule has 1 heterocycles. The number of benzene rings is 1. The zero-order valence-electron chi connectivity index (χ0n) is 12.0. The normalized spacial score (nSPS) is 11.5. The molecule has 124 valence electrons. The first-order chi connectivity index (χ1) is 10.8. The first-order valence-electron chi connectivity index (χ1n) is 6.46. The quantitative estimate of drug-likeness (QED) is 0.634. The summed E-state index contributed by atoms with van der Waals surface area (Å²) in [5.41, 5.74) is 0.982. The fourth-order valence-electron chi connectivity index (χ4n) is 1.83. The Morgan fingerprint density at radius 3 is 2.61 bits per heavy atom. The number of methoxy groups -OCH3 is 1. The van der Waals surface area contributed by atoms with E-state index in [9.17, 15) is 8.42 Å². The van der Waals surface area contributed by atoms with Gasteiger partial charge in [0.05, 0.1) is 16.1 Å². The number of pyridine rings is 1. The molecule has 0 radical (unpaired) electrons. The summed E-state index contributed by atoms with van der Waals surface area (Å²) in [5, 5.41) is 0.215. The van der Waals surface area contributed by atoms with Crippen LogP contribution >= 0.6 is 43.5 Å². The van der Waals surface area contributed by atoms with Crippen LogP contribution in [0.25, 0.3) is 0 Å². The Hall–Kier alpha value is -0.670. The summed E-state index contributed by atoms with van der Waals surface area (Å²) in [6.07, 6.45) is 1.77. The van der Waals surface area contributed by atoms with E-state index in [2.05, 4.69) is 41.6 Å². The van der Waals surface area contributed by atoms with Crippen LogP contribution in [0.3, 0.4) is 0 Å². The standard InChI is InChI=1S/C14H13Br2ClN2O3S/c1-22-13-3-2-9(6-11(13)15)4-5-19-23(20,21)10-7-12(16)14(17)18-8-10/h2-3,6-8,19H,4-5H2,1H3. The molecular weight excluding hydrogens is 471 g/mol. The van der Waals surface area contributed by atoms with Gasteiger partial charge < -0.3 is 4.74 Å². The smallest absolute Gasteiger partial charge is 0.242 e. The first kappa shape index (κ1) is 18.7. The topological polar surface area (TPSA) is 68.3 Å². The molecule has 0 aliphatic heterocycles. The predicted molar refractivity (Wildman–Crippen MR) is 96.5 cm³/mol. The van der Waals surface area contributed by atoms with Crippen molar-refractivity contribution in [2.75, 3.05) is 13.7 Å². The van der Waals surface area contributed by atoms with Crippen LogP contribution in [0, 0.1) is 0 Å². The van der Waals surface area contributed by atoms with E-state index in [0.29, 0.717) is 10.9 Å². The van der Waals surface area contributed by atoms with Gasteiger partial charge in [-0.3, -0.25) is 0 Å². The minimum absolute atomic E-state index is 0.0599. The van der Waals surface area contributed by atoms with Crippen molar-refractivity contribution in [3.8, 4) is 5.75 Å². The van der Waals surface area contributed by atoms with Crippen LogP contribution in [-0.2, 0) is 16.4 Å². The Labute approximate surface area is 156 Å². The monoisotopic (exact) mass is 482 g/mol. The molecule has 0 fully saturated rings. The third-order valence-corrected chi connectivity index (χ3v) is 6.19. The van der Waals surface area contributed by atoms with Gasteiger partial charge in [-0.25, -0.2) is 18.1 Å². The number of nitrogens with one attached hydrogen (secondary N) is 1. The first-order valence-corrected chi connectivity index (χ1v) is 9.91. The van der Waals surface area contributed by atoms with Crippen molar-refractivity contribution < 1.29 is 13.2 Å². The molecular formula is C14H13Br2ClN2O3S. The summed E-state index contributed by atoms with van der Waals surface area (Å²) in [6.45, 7) is 0.265. The average Bonchev–Trinajstić information content (AvgIpc) is 2.50. The van der Waals surface area contributed by atoms with Gasteiger partial charge in [0.1, 0.15) is 15.8 Å². The van der Waals surface area contributed by atoms with E-state index in [-0.39, 0.29) is 16.6 Å². The van der Waals surface area contributed by atoms with E-state index in [1.807, 2.05) is 18.2 Å². The number of halogens is 3. The molecule has 9 heteroatoms. The second-order valence-corrected chi connectivity index (χ2v) is 8.39. The molecule has 0 atom stereocenters. The Balaban J connectivity index is 2.02. The summed E-state index contributed by atoms with van der Waals surface area (Å²) in [4.78, 5) is 3.88. The summed E-state index contributed by atoms with van der Waals surface area (Å²) in [5.74, 6) is 0.728. The van der Waals surface area contributed by atoms with Gasteiger partial charge >= 0.3 is 0 Å². The van der Waals surface area contributed by atoms with Crippen LogP contribution in [0.4, 0.5) is 0 Å². The molecule has 0 unspecified atom stereocenters. The lowest BCUT2D eigenvalue weighted by atomic mass is 10.1. The molecule has 0 aliphatic rings. The van der Waals surface area contributed by atoms with Gasteiger partial charge in [-0.15, -0.1) is 0 Å². The number of hydrogen-bond acceptors (Lipinski definition) is 4. The van der Waals surface area contributed by atoms with Gasteiger partial charge in [-0.2, -0.15) is 0 Å². The van der Waals surface area contributed by atoms with Crippen LogP contribution in [-0.4, -0.2) is 27.1 Å². The Morgan fingerprint density at radius 1 is 1.26 bits per heavy atom. The molecule has 1 aromatic carbocycles. The maximum Gasteiger partial charge on any atom is 0.242 e. The van der Waals surface area contributed by atoms with Crippen molar-refractivity contribution in [1.82, 2.24) is 9.71 Å². The molecule has 0 amide bonds. The molecule has 5 nitrogen and oxygen atoms in total. The molecule has 1 N–H and O–H groups in total. The number of nitrogens with zero attached hydrogens (tertiary/aromatic N) is 1. The van der Waals surface area contributed by atoms with Crippen LogP contribution in [0.15, 0.2) is 44.3 Å². The number of aromatic nitrogens is 1. The van der Waals surface area contributed by atoms with Crippen LogP contribution < -0.4 is 9.46 Å². The molecule has 0 saturated carbocycles. The molecule has 0 aliphatic carbocycles. The van der Waals surface area contributed by atoms with E-state index in [0.717, 1.165) is 15.8 Å². The van der Waals surface area contributed by atoms with Crippen LogP contribution in [0.1, 0.15) is 5.56 Å². The van der Waals surface area contributed by atoms with E-state index in [1.165, 1.54) is 12.3 Å². The zero-order valence-corrected chi connectivity index (χ0v) is 16.8. The predicted octanol–water partition coefficient (Wildman–Crippen LogP) is 3.79. The molecule has 1 aromatic heterocycles. The molecule has 0 bridgehead atoms.